The molecule has 0 radical (unpaired) electrons. The number of carbonyl (C=O) groups is 1. The molecule has 1 saturated heterocycles. The zero-order valence-electron chi connectivity index (χ0n) is 26.9. The third-order valence-electron chi connectivity index (χ3n) is 8.00. The Morgan fingerprint density at radius 1 is 1.04 bits per heavy atom. The molecule has 14 heteroatoms. The molecule has 5 aromatic rings. The van der Waals surface area contributed by atoms with Gasteiger partial charge in [-0.1, -0.05) is 12.1 Å². The van der Waals surface area contributed by atoms with Crippen LogP contribution in [0.1, 0.15) is 34.6 Å². The van der Waals surface area contributed by atoms with Crippen molar-refractivity contribution in [1.82, 2.24) is 39.2 Å². The zero-order chi connectivity index (χ0) is 33.5. The molecule has 1 fully saturated rings. The fourth-order valence-electron chi connectivity index (χ4n) is 5.33. The van der Waals surface area contributed by atoms with E-state index in [4.69, 9.17) is 10.5 Å². The minimum atomic E-state index is -0.333. The van der Waals surface area contributed by atoms with Crippen LogP contribution in [0.2, 0.25) is 0 Å². The van der Waals surface area contributed by atoms with E-state index in [9.17, 15) is 9.59 Å². The summed E-state index contributed by atoms with van der Waals surface area (Å²) in [6.07, 6.45) is 10.6. The van der Waals surface area contributed by atoms with Crippen molar-refractivity contribution in [3.63, 3.8) is 0 Å². The number of aromatic nitrogens is 7. The first-order valence-electron chi connectivity index (χ1n) is 15.6. The summed E-state index contributed by atoms with van der Waals surface area (Å²) in [5, 5.41) is 7.72. The molecule has 0 unspecified atom stereocenters. The smallest absolute Gasteiger partial charge is 0.261 e. The van der Waals surface area contributed by atoms with Crippen LogP contribution in [0, 0.1) is 0 Å². The summed E-state index contributed by atoms with van der Waals surface area (Å²) in [7, 11) is 3.64. The number of nitrogens with two attached hydrogens (primary N) is 1. The number of likely N-dealkylation sites (N-methyl/N-ethyl adjacent to an activating group) is 1. The summed E-state index contributed by atoms with van der Waals surface area (Å²) >= 11 is 0. The number of benzene rings is 1. The summed E-state index contributed by atoms with van der Waals surface area (Å²) in [5.74, 6) is 1.20. The van der Waals surface area contributed by atoms with E-state index in [0.717, 1.165) is 37.4 Å². The van der Waals surface area contributed by atoms with E-state index in [-0.39, 0.29) is 29.3 Å². The Labute approximate surface area is 277 Å². The molecule has 1 aromatic carbocycles. The first-order chi connectivity index (χ1) is 23.4. The first-order valence-corrected chi connectivity index (χ1v) is 15.6. The molecule has 6 rings (SSSR count). The average Bonchev–Trinajstić information content (AvgIpc) is 3.47. The Balaban J connectivity index is 1.10. The van der Waals surface area contributed by atoms with Crippen molar-refractivity contribution in [2.75, 3.05) is 56.3 Å². The summed E-state index contributed by atoms with van der Waals surface area (Å²) in [4.78, 5) is 47.9. The minimum Gasteiger partial charge on any atom is -0.491 e. The third-order valence-corrected chi connectivity index (χ3v) is 8.00. The number of nitrogens with one attached hydrogen (secondary N) is 1. The van der Waals surface area contributed by atoms with Gasteiger partial charge in [0.05, 0.1) is 25.4 Å². The lowest BCUT2D eigenvalue weighted by Gasteiger charge is -2.34. The van der Waals surface area contributed by atoms with E-state index < -0.39 is 0 Å². The first kappa shape index (κ1) is 32.1. The van der Waals surface area contributed by atoms with Crippen LogP contribution in [0.4, 0.5) is 23.3 Å². The Bertz CT molecular complexity index is 1950. The Morgan fingerprint density at radius 2 is 1.85 bits per heavy atom. The fourth-order valence-corrected chi connectivity index (χ4v) is 5.33. The normalized spacial score (nSPS) is 13.6. The lowest BCUT2D eigenvalue weighted by molar-refractivity contribution is 0.0981. The van der Waals surface area contributed by atoms with Crippen molar-refractivity contribution in [1.29, 1.82) is 0 Å². The maximum atomic E-state index is 13.0. The van der Waals surface area contributed by atoms with Crippen LogP contribution < -0.4 is 26.2 Å². The minimum absolute atomic E-state index is 0.112. The van der Waals surface area contributed by atoms with Crippen LogP contribution in [0.5, 0.6) is 5.75 Å². The van der Waals surface area contributed by atoms with Gasteiger partial charge in [0.15, 0.2) is 17.4 Å². The Hall–Kier alpha value is -5.89. The molecular weight excluding hydrogens is 610 g/mol. The lowest BCUT2D eigenvalue weighted by Crippen LogP contribution is -2.44. The zero-order valence-corrected chi connectivity index (χ0v) is 26.9. The molecule has 0 atom stereocenters. The highest BCUT2D eigenvalue weighted by atomic mass is 16.5. The molecule has 14 nitrogen and oxygen atoms in total. The van der Waals surface area contributed by atoms with Crippen molar-refractivity contribution in [2.24, 2.45) is 0 Å². The summed E-state index contributed by atoms with van der Waals surface area (Å²) in [6, 6.07) is 15.1. The van der Waals surface area contributed by atoms with Gasteiger partial charge >= 0.3 is 0 Å². The van der Waals surface area contributed by atoms with E-state index in [1.165, 1.54) is 28.2 Å². The molecule has 4 aromatic heterocycles. The second-order valence-corrected chi connectivity index (χ2v) is 11.4. The van der Waals surface area contributed by atoms with Gasteiger partial charge in [0.25, 0.3) is 5.56 Å². The summed E-state index contributed by atoms with van der Waals surface area (Å²) in [5.41, 5.74) is 8.92. The molecule has 0 saturated carbocycles. The summed E-state index contributed by atoms with van der Waals surface area (Å²) in [6.45, 7) is 4.40. The number of carbonyl (C=O) groups excluding carboxylic acids is 1. The molecule has 3 N–H and O–H groups in total. The topological polar surface area (TPSA) is 162 Å². The van der Waals surface area contributed by atoms with E-state index in [1.54, 1.807) is 42.9 Å². The van der Waals surface area contributed by atoms with Crippen molar-refractivity contribution in [3.8, 4) is 11.6 Å². The second kappa shape index (κ2) is 14.7. The van der Waals surface area contributed by atoms with E-state index >= 15 is 0 Å². The van der Waals surface area contributed by atoms with Crippen LogP contribution in [-0.4, -0.2) is 85.3 Å². The number of piperazine rings is 1. The molecule has 1 aliphatic rings. The number of allylic oxidation sites excluding steroid dienone is 1. The highest BCUT2D eigenvalue weighted by Gasteiger charge is 2.18. The number of pyridine rings is 2. The molecule has 246 valence electrons. The molecule has 0 amide bonds. The van der Waals surface area contributed by atoms with Crippen LogP contribution in [-0.2, 0) is 6.54 Å². The number of anilines is 4. The fraction of sp³-hybridized carbons (Fsp3) is 0.265. The number of nitrogen functional groups attached to an aromatic ring is 1. The highest BCUT2D eigenvalue weighted by molar-refractivity contribution is 5.95. The van der Waals surface area contributed by atoms with Gasteiger partial charge in [0, 0.05) is 62.6 Å². The van der Waals surface area contributed by atoms with Gasteiger partial charge in [-0.25, -0.2) is 9.97 Å². The molecule has 0 bridgehead atoms. The van der Waals surface area contributed by atoms with Crippen molar-refractivity contribution in [2.45, 2.75) is 19.4 Å². The van der Waals surface area contributed by atoms with E-state index in [0.29, 0.717) is 36.3 Å². The number of ether oxygens (including phenoxy) is 1. The monoisotopic (exact) mass is 647 g/mol. The van der Waals surface area contributed by atoms with Gasteiger partial charge in [0.2, 0.25) is 17.7 Å². The van der Waals surface area contributed by atoms with Gasteiger partial charge in [-0.3, -0.25) is 14.6 Å². The Morgan fingerprint density at radius 3 is 2.60 bits per heavy atom. The third kappa shape index (κ3) is 7.56. The SMILES string of the molecule is COc1cnc(/C=C/CCC(=O)c2cccn(Cc3cccnc3)c2=O)nc1-n1nc(Nc2ccc(N3CCN(C)CC3)cc2)nc1N. The van der Waals surface area contributed by atoms with Gasteiger partial charge in [-0.05, 0) is 67.6 Å². The maximum absolute atomic E-state index is 13.0. The average molecular weight is 648 g/mol. The maximum Gasteiger partial charge on any atom is 0.261 e. The molecule has 0 spiro atoms. The van der Waals surface area contributed by atoms with Crippen LogP contribution >= 0.6 is 0 Å². The van der Waals surface area contributed by atoms with Gasteiger partial charge in [0.1, 0.15) is 0 Å². The standard InChI is InChI=1S/C34H37N11O3/c1-42-17-19-43(20-18-42)26-13-11-25(12-14-26)38-34-40-33(35)45(41-34)31-29(48-2)22-37-30(39-31)10-4-3-9-28(46)27-8-6-16-44(32(27)47)23-24-7-5-15-36-21-24/h4-8,10-16,21-22H,3,9,17-20,23H2,1-2H3,(H3,35,38,40,41)/b10-4+. The van der Waals surface area contributed by atoms with Gasteiger partial charge in [-0.15, -0.1) is 5.10 Å². The number of hydrogen-bond donors (Lipinski definition) is 2. The van der Waals surface area contributed by atoms with Gasteiger partial charge in [-0.2, -0.15) is 9.67 Å². The van der Waals surface area contributed by atoms with Crippen molar-refractivity contribution < 1.29 is 9.53 Å². The molecule has 0 aliphatic carbocycles. The number of methoxy groups -OCH3 is 1. The van der Waals surface area contributed by atoms with Crippen LogP contribution in [0.3, 0.4) is 0 Å². The molecular formula is C34H37N11O3. The largest absolute Gasteiger partial charge is 0.491 e. The van der Waals surface area contributed by atoms with Crippen LogP contribution in [0.25, 0.3) is 11.9 Å². The van der Waals surface area contributed by atoms with Crippen molar-refractivity contribution in [3.05, 3.63) is 107 Å². The molecule has 48 heavy (non-hydrogen) atoms. The predicted molar refractivity (Wildman–Crippen MR) is 184 cm³/mol. The molecule has 1 aliphatic heterocycles. The van der Waals surface area contributed by atoms with E-state index in [1.807, 2.05) is 24.3 Å². The molecule has 5 heterocycles. The van der Waals surface area contributed by atoms with Crippen LogP contribution in [0.15, 0.2) is 84.2 Å². The number of ketones is 1. The number of Topliss-reactive ketones (excluding diaryl/α,β-unsaturated/α-hetero) is 1. The lowest BCUT2D eigenvalue weighted by atomic mass is 10.1. The number of hydrogen-bond acceptors (Lipinski definition) is 12. The number of nitrogens with zero attached hydrogens (tertiary/aromatic N) is 9. The predicted octanol–water partition coefficient (Wildman–Crippen LogP) is 3.42. The van der Waals surface area contributed by atoms with E-state index in [2.05, 4.69) is 59.3 Å². The second-order valence-electron chi connectivity index (χ2n) is 11.4. The van der Waals surface area contributed by atoms with Crippen molar-refractivity contribution >= 4 is 35.1 Å². The van der Waals surface area contributed by atoms with Gasteiger partial charge < -0.3 is 30.2 Å². The highest BCUT2D eigenvalue weighted by Crippen LogP contribution is 2.25. The number of rotatable bonds is 12. The Kier molecular flexibility index (Phi) is 9.81. The summed E-state index contributed by atoms with van der Waals surface area (Å²) < 4.78 is 8.37. The quantitative estimate of drug-likeness (QED) is 0.190.